The van der Waals surface area contributed by atoms with E-state index in [1.54, 1.807) is 16.8 Å². The van der Waals surface area contributed by atoms with Crippen molar-refractivity contribution >= 4 is 12.1 Å². The van der Waals surface area contributed by atoms with Crippen LogP contribution < -0.4 is 16.0 Å². The maximum Gasteiger partial charge on any atom is 0.407 e. The van der Waals surface area contributed by atoms with Crippen molar-refractivity contribution in [2.24, 2.45) is 4.99 Å². The van der Waals surface area contributed by atoms with Gasteiger partial charge < -0.3 is 20.7 Å². The lowest BCUT2D eigenvalue weighted by molar-refractivity contribution is 0.0529. The Labute approximate surface area is 176 Å². The standard InChI is InChI=1S/C21H31FN6O2/c1-5-23-19(25-13-14-26-20(29)30-21(2,3)4)24-12-10-17-11-15-28(27-17)18-8-6-16(22)7-9-18/h6-9,11,15H,5,10,12-14H2,1-4H3,(H,26,29)(H2,23,24,25). The normalized spacial score (nSPS) is 11.8. The largest absolute Gasteiger partial charge is 0.444 e. The first-order chi connectivity index (χ1) is 14.3. The SMILES string of the molecule is CCNC(=NCCc1ccn(-c2ccc(F)cc2)n1)NCCNC(=O)OC(C)(C)C. The van der Waals surface area contributed by atoms with Gasteiger partial charge in [-0.05, 0) is 58.0 Å². The highest BCUT2D eigenvalue weighted by Gasteiger charge is 2.15. The number of carbonyl (C=O) groups excluding carboxylic acids is 1. The van der Waals surface area contributed by atoms with E-state index in [4.69, 9.17) is 4.74 Å². The maximum absolute atomic E-state index is 13.0. The summed E-state index contributed by atoms with van der Waals surface area (Å²) in [5.41, 5.74) is 1.18. The molecule has 9 heteroatoms. The molecule has 1 aromatic carbocycles. The Balaban J connectivity index is 1.78. The van der Waals surface area contributed by atoms with Crippen LogP contribution in [0.1, 0.15) is 33.4 Å². The number of aliphatic imine (C=N–C) groups is 1. The third kappa shape index (κ3) is 8.50. The molecule has 30 heavy (non-hydrogen) atoms. The fourth-order valence-corrected chi connectivity index (χ4v) is 2.52. The van der Waals surface area contributed by atoms with Gasteiger partial charge in [0, 0.05) is 38.8 Å². The number of carbonyl (C=O) groups is 1. The average molecular weight is 419 g/mol. The average Bonchev–Trinajstić information content (AvgIpc) is 3.13. The summed E-state index contributed by atoms with van der Waals surface area (Å²) in [5.74, 6) is 0.395. The molecular weight excluding hydrogens is 387 g/mol. The molecule has 0 aliphatic carbocycles. The quantitative estimate of drug-likeness (QED) is 0.348. The summed E-state index contributed by atoms with van der Waals surface area (Å²) in [6.07, 6.45) is 2.07. The third-order valence-electron chi connectivity index (χ3n) is 3.80. The summed E-state index contributed by atoms with van der Waals surface area (Å²) in [6, 6.07) is 8.11. The molecule has 1 amide bonds. The van der Waals surface area contributed by atoms with E-state index >= 15 is 0 Å². The van der Waals surface area contributed by atoms with Crippen LogP contribution in [0.25, 0.3) is 5.69 Å². The Morgan fingerprint density at radius 1 is 1.13 bits per heavy atom. The second-order valence-electron chi connectivity index (χ2n) is 7.59. The number of guanidine groups is 1. The molecule has 0 saturated heterocycles. The fraction of sp³-hybridized carbons (Fsp3) is 0.476. The minimum Gasteiger partial charge on any atom is -0.444 e. The van der Waals surface area contributed by atoms with Crippen molar-refractivity contribution in [2.45, 2.75) is 39.7 Å². The zero-order valence-corrected chi connectivity index (χ0v) is 18.0. The predicted molar refractivity (Wildman–Crippen MR) is 115 cm³/mol. The Hall–Kier alpha value is -3.10. The van der Waals surface area contributed by atoms with E-state index in [1.165, 1.54) is 12.1 Å². The lowest BCUT2D eigenvalue weighted by Crippen LogP contribution is -2.42. The summed E-state index contributed by atoms with van der Waals surface area (Å²) >= 11 is 0. The van der Waals surface area contributed by atoms with Crippen LogP contribution in [0.2, 0.25) is 0 Å². The molecule has 0 fully saturated rings. The maximum atomic E-state index is 13.0. The van der Waals surface area contributed by atoms with Crippen molar-refractivity contribution in [2.75, 3.05) is 26.2 Å². The predicted octanol–water partition coefficient (Wildman–Crippen LogP) is 2.63. The first kappa shape index (κ1) is 23.2. The van der Waals surface area contributed by atoms with Gasteiger partial charge in [-0.3, -0.25) is 4.99 Å². The Morgan fingerprint density at radius 3 is 2.50 bits per heavy atom. The van der Waals surface area contributed by atoms with Gasteiger partial charge in [-0.15, -0.1) is 0 Å². The zero-order valence-electron chi connectivity index (χ0n) is 18.0. The lowest BCUT2D eigenvalue weighted by Gasteiger charge is -2.19. The highest BCUT2D eigenvalue weighted by Crippen LogP contribution is 2.09. The smallest absolute Gasteiger partial charge is 0.407 e. The molecule has 0 unspecified atom stereocenters. The van der Waals surface area contributed by atoms with Crippen molar-refractivity contribution in [3.05, 3.63) is 48.0 Å². The first-order valence-electron chi connectivity index (χ1n) is 10.1. The van der Waals surface area contributed by atoms with Gasteiger partial charge in [0.15, 0.2) is 5.96 Å². The zero-order chi connectivity index (χ0) is 22.0. The molecule has 0 bridgehead atoms. The molecule has 2 rings (SSSR count). The molecule has 0 radical (unpaired) electrons. The molecule has 1 aromatic heterocycles. The van der Waals surface area contributed by atoms with E-state index in [2.05, 4.69) is 26.0 Å². The van der Waals surface area contributed by atoms with Crippen LogP contribution >= 0.6 is 0 Å². The number of rotatable bonds is 8. The van der Waals surface area contributed by atoms with Crippen molar-refractivity contribution in [1.29, 1.82) is 0 Å². The number of amides is 1. The van der Waals surface area contributed by atoms with E-state index in [-0.39, 0.29) is 5.82 Å². The monoisotopic (exact) mass is 418 g/mol. The number of hydrogen-bond donors (Lipinski definition) is 3. The van der Waals surface area contributed by atoms with Crippen molar-refractivity contribution in [1.82, 2.24) is 25.7 Å². The second kappa shape index (κ2) is 11.2. The minimum atomic E-state index is -0.516. The molecule has 0 aliphatic rings. The van der Waals surface area contributed by atoms with Crippen LogP contribution in [-0.2, 0) is 11.2 Å². The molecule has 2 aromatic rings. The van der Waals surface area contributed by atoms with Gasteiger partial charge in [-0.1, -0.05) is 0 Å². The highest BCUT2D eigenvalue weighted by molar-refractivity contribution is 5.79. The molecule has 1 heterocycles. The van der Waals surface area contributed by atoms with Crippen LogP contribution in [0.5, 0.6) is 0 Å². The van der Waals surface area contributed by atoms with Gasteiger partial charge in [-0.25, -0.2) is 13.9 Å². The number of nitrogens with zero attached hydrogens (tertiary/aromatic N) is 3. The van der Waals surface area contributed by atoms with Gasteiger partial charge in [0.2, 0.25) is 0 Å². The van der Waals surface area contributed by atoms with E-state index in [0.29, 0.717) is 32.0 Å². The van der Waals surface area contributed by atoms with Crippen molar-refractivity contribution in [3.8, 4) is 5.69 Å². The van der Waals surface area contributed by atoms with Crippen LogP contribution in [0.4, 0.5) is 9.18 Å². The molecule has 0 saturated carbocycles. The summed E-state index contributed by atoms with van der Waals surface area (Å²) in [5, 5.41) is 13.5. The Kier molecular flexibility index (Phi) is 8.64. The number of nitrogens with one attached hydrogen (secondary N) is 3. The van der Waals surface area contributed by atoms with Gasteiger partial charge in [0.25, 0.3) is 0 Å². The fourth-order valence-electron chi connectivity index (χ4n) is 2.52. The first-order valence-corrected chi connectivity index (χ1v) is 10.1. The van der Waals surface area contributed by atoms with Crippen LogP contribution in [0.15, 0.2) is 41.5 Å². The lowest BCUT2D eigenvalue weighted by atomic mass is 10.2. The van der Waals surface area contributed by atoms with Crippen LogP contribution in [-0.4, -0.2) is 53.6 Å². The minimum absolute atomic E-state index is 0.273. The number of aromatic nitrogens is 2. The topological polar surface area (TPSA) is 92.6 Å². The highest BCUT2D eigenvalue weighted by atomic mass is 19.1. The summed E-state index contributed by atoms with van der Waals surface area (Å²) in [6.45, 7) is 9.67. The number of alkyl carbamates (subject to hydrolysis) is 1. The van der Waals surface area contributed by atoms with Gasteiger partial charge in [-0.2, -0.15) is 5.10 Å². The summed E-state index contributed by atoms with van der Waals surface area (Å²) in [4.78, 5) is 16.2. The number of ether oxygens (including phenoxy) is 1. The van der Waals surface area contributed by atoms with E-state index < -0.39 is 11.7 Å². The van der Waals surface area contributed by atoms with Gasteiger partial charge in [0.1, 0.15) is 11.4 Å². The Morgan fingerprint density at radius 2 is 1.83 bits per heavy atom. The molecular formula is C21H31FN6O2. The van der Waals surface area contributed by atoms with Crippen LogP contribution in [0.3, 0.4) is 0 Å². The van der Waals surface area contributed by atoms with Gasteiger partial charge >= 0.3 is 6.09 Å². The molecule has 0 aliphatic heterocycles. The number of benzene rings is 1. The van der Waals surface area contributed by atoms with Crippen LogP contribution in [0, 0.1) is 5.82 Å². The number of hydrogen-bond acceptors (Lipinski definition) is 4. The Bertz CT molecular complexity index is 827. The van der Waals surface area contributed by atoms with Gasteiger partial charge in [0.05, 0.1) is 11.4 Å². The van der Waals surface area contributed by atoms with Crippen molar-refractivity contribution < 1.29 is 13.9 Å². The third-order valence-corrected chi connectivity index (χ3v) is 3.80. The summed E-state index contributed by atoms with van der Waals surface area (Å²) in [7, 11) is 0. The molecule has 8 nitrogen and oxygen atoms in total. The molecule has 164 valence electrons. The van der Waals surface area contributed by atoms with E-state index in [0.717, 1.165) is 17.9 Å². The molecule has 0 atom stereocenters. The summed E-state index contributed by atoms with van der Waals surface area (Å²) < 4.78 is 20.0. The van der Waals surface area contributed by atoms with Crippen molar-refractivity contribution in [3.63, 3.8) is 0 Å². The number of halogens is 1. The molecule has 0 spiro atoms. The van der Waals surface area contributed by atoms with E-state index in [1.807, 2.05) is 40.0 Å². The molecule has 3 N–H and O–H groups in total. The second-order valence-corrected chi connectivity index (χ2v) is 7.59. The van der Waals surface area contributed by atoms with E-state index in [9.17, 15) is 9.18 Å².